The van der Waals surface area contributed by atoms with E-state index in [9.17, 15) is 19.0 Å². The number of rotatable bonds is 10. The van der Waals surface area contributed by atoms with Crippen LogP contribution in [-0.2, 0) is 25.1 Å². The summed E-state index contributed by atoms with van der Waals surface area (Å²) in [6.07, 6.45) is -1.73. The summed E-state index contributed by atoms with van der Waals surface area (Å²) in [5, 5.41) is 19.8. The molecule has 3 N–H and O–H groups in total. The number of aliphatic carboxylic acids is 2. The predicted molar refractivity (Wildman–Crippen MR) is 96.3 cm³/mol. The van der Waals surface area contributed by atoms with Crippen molar-refractivity contribution in [1.29, 1.82) is 0 Å². The highest BCUT2D eigenvalue weighted by Crippen LogP contribution is 2.44. The van der Waals surface area contributed by atoms with E-state index in [0.717, 1.165) is 16.3 Å². The molecule has 0 heterocycles. The zero-order chi connectivity index (χ0) is 19.2. The maximum atomic E-state index is 12.1. The van der Waals surface area contributed by atoms with Gasteiger partial charge in [0.15, 0.2) is 6.10 Å². The van der Waals surface area contributed by atoms with Gasteiger partial charge in [-0.1, -0.05) is 42.5 Å². The van der Waals surface area contributed by atoms with Crippen LogP contribution in [0.15, 0.2) is 42.5 Å². The van der Waals surface area contributed by atoms with Crippen molar-refractivity contribution in [3.63, 3.8) is 0 Å². The first kappa shape index (κ1) is 20.1. The molecular formula is C18H21O7P. The van der Waals surface area contributed by atoms with E-state index in [-0.39, 0.29) is 12.6 Å². The van der Waals surface area contributed by atoms with Crippen molar-refractivity contribution < 1.29 is 33.8 Å². The third-order valence-corrected chi connectivity index (χ3v) is 5.37. The second-order valence-electron chi connectivity index (χ2n) is 6.01. The van der Waals surface area contributed by atoms with Gasteiger partial charge in [0.05, 0.1) is 6.16 Å². The summed E-state index contributed by atoms with van der Waals surface area (Å²) in [6.45, 7) is 0. The Kier molecular flexibility index (Phi) is 6.91. The Morgan fingerprint density at radius 2 is 1.77 bits per heavy atom. The van der Waals surface area contributed by atoms with Crippen LogP contribution in [0.3, 0.4) is 0 Å². The standard InChI is InChI=1S/C18H21O7P/c19-17(20)10-9-16(18(21)22)25-26(23,24)11-3-4-13-7-8-14-5-1-2-6-15(14)12-13/h1-2,5-8,12,16H,3-4,9-11H2,(H,19,20)(H,21,22)(H,23,24). The fourth-order valence-corrected chi connectivity index (χ4v) is 3.86. The summed E-state index contributed by atoms with van der Waals surface area (Å²) < 4.78 is 16.9. The van der Waals surface area contributed by atoms with Crippen LogP contribution in [0.2, 0.25) is 0 Å². The van der Waals surface area contributed by atoms with Crippen LogP contribution in [0.4, 0.5) is 0 Å². The van der Waals surface area contributed by atoms with Crippen LogP contribution in [-0.4, -0.2) is 39.3 Å². The van der Waals surface area contributed by atoms with E-state index in [1.165, 1.54) is 0 Å². The first-order valence-electron chi connectivity index (χ1n) is 8.19. The van der Waals surface area contributed by atoms with Crippen LogP contribution in [0, 0.1) is 0 Å². The van der Waals surface area contributed by atoms with E-state index in [1.807, 2.05) is 42.5 Å². The molecule has 2 unspecified atom stereocenters. The van der Waals surface area contributed by atoms with Gasteiger partial charge < -0.3 is 15.1 Å². The van der Waals surface area contributed by atoms with Gasteiger partial charge in [0.25, 0.3) is 0 Å². The molecule has 0 bridgehead atoms. The first-order chi connectivity index (χ1) is 12.3. The van der Waals surface area contributed by atoms with Gasteiger partial charge in [-0.05, 0) is 35.6 Å². The fraction of sp³-hybridized carbons (Fsp3) is 0.333. The van der Waals surface area contributed by atoms with E-state index in [1.54, 1.807) is 0 Å². The van der Waals surface area contributed by atoms with E-state index in [2.05, 4.69) is 0 Å². The van der Waals surface area contributed by atoms with Gasteiger partial charge in [0.2, 0.25) is 0 Å². The molecule has 0 aromatic heterocycles. The van der Waals surface area contributed by atoms with Gasteiger partial charge in [-0.15, -0.1) is 0 Å². The second-order valence-corrected chi connectivity index (χ2v) is 7.94. The molecule has 2 aromatic carbocycles. The van der Waals surface area contributed by atoms with Crippen molar-refractivity contribution in [3.05, 3.63) is 48.0 Å². The molecule has 0 aliphatic carbocycles. The first-order valence-corrected chi connectivity index (χ1v) is 9.95. The summed E-state index contributed by atoms with van der Waals surface area (Å²) in [5.74, 6) is -2.64. The lowest BCUT2D eigenvalue weighted by Crippen LogP contribution is -2.24. The van der Waals surface area contributed by atoms with Gasteiger partial charge in [-0.3, -0.25) is 13.9 Å². The Labute approximate surface area is 150 Å². The predicted octanol–water partition coefficient (Wildman–Crippen LogP) is 3.29. The Hall–Kier alpha value is -2.21. The zero-order valence-corrected chi connectivity index (χ0v) is 15.0. The minimum atomic E-state index is -4.12. The molecule has 140 valence electrons. The molecule has 0 fully saturated rings. The van der Waals surface area contributed by atoms with Crippen molar-refractivity contribution in [2.75, 3.05) is 6.16 Å². The number of carboxylic acid groups (broad SMARTS) is 2. The molecule has 26 heavy (non-hydrogen) atoms. The summed E-state index contributed by atoms with van der Waals surface area (Å²) in [5.41, 5.74) is 1.00. The average molecular weight is 380 g/mol. The highest BCUT2D eigenvalue weighted by atomic mass is 31.2. The summed E-state index contributed by atoms with van der Waals surface area (Å²) in [6, 6.07) is 13.8. The van der Waals surface area contributed by atoms with E-state index in [4.69, 9.17) is 14.7 Å². The molecule has 0 saturated carbocycles. The molecule has 0 aliphatic heterocycles. The summed E-state index contributed by atoms with van der Waals surface area (Å²) in [4.78, 5) is 31.5. The van der Waals surface area contributed by atoms with E-state index < -0.39 is 32.1 Å². The van der Waals surface area contributed by atoms with Gasteiger partial charge in [0.1, 0.15) is 0 Å². The molecule has 0 saturated heterocycles. The summed E-state index contributed by atoms with van der Waals surface area (Å²) in [7, 11) is -4.12. The fourth-order valence-electron chi connectivity index (χ4n) is 2.60. The smallest absolute Gasteiger partial charge is 0.333 e. The molecule has 2 aromatic rings. The zero-order valence-electron chi connectivity index (χ0n) is 14.1. The van der Waals surface area contributed by atoms with E-state index in [0.29, 0.717) is 12.8 Å². The largest absolute Gasteiger partial charge is 0.481 e. The van der Waals surface area contributed by atoms with Crippen LogP contribution >= 0.6 is 7.60 Å². The maximum absolute atomic E-state index is 12.1. The van der Waals surface area contributed by atoms with Crippen molar-refractivity contribution >= 4 is 30.3 Å². The minimum Gasteiger partial charge on any atom is -0.481 e. The minimum absolute atomic E-state index is 0.198. The highest BCUT2D eigenvalue weighted by Gasteiger charge is 2.29. The third kappa shape index (κ3) is 6.26. The molecule has 0 radical (unpaired) electrons. The molecule has 2 atom stereocenters. The monoisotopic (exact) mass is 380 g/mol. The molecule has 0 spiro atoms. The lowest BCUT2D eigenvalue weighted by molar-refractivity contribution is -0.146. The van der Waals surface area contributed by atoms with Gasteiger partial charge >= 0.3 is 19.5 Å². The number of fused-ring (bicyclic) bond motifs is 1. The second kappa shape index (κ2) is 8.94. The van der Waals surface area contributed by atoms with Crippen molar-refractivity contribution in [1.82, 2.24) is 0 Å². The van der Waals surface area contributed by atoms with Crippen molar-refractivity contribution in [3.8, 4) is 0 Å². The number of aryl methyl sites for hydroxylation is 1. The lowest BCUT2D eigenvalue weighted by Gasteiger charge is -2.17. The summed E-state index contributed by atoms with van der Waals surface area (Å²) >= 11 is 0. The van der Waals surface area contributed by atoms with Crippen LogP contribution in [0.1, 0.15) is 24.8 Å². The maximum Gasteiger partial charge on any atom is 0.333 e. The number of hydrogen-bond donors (Lipinski definition) is 3. The van der Waals surface area contributed by atoms with Crippen LogP contribution in [0.25, 0.3) is 10.8 Å². The normalized spacial score (nSPS) is 14.7. The Balaban J connectivity index is 1.90. The number of hydrogen-bond acceptors (Lipinski definition) is 4. The number of carboxylic acids is 2. The topological polar surface area (TPSA) is 121 Å². The van der Waals surface area contributed by atoms with Gasteiger partial charge in [-0.25, -0.2) is 4.79 Å². The quantitative estimate of drug-likeness (QED) is 0.541. The Bertz CT molecular complexity index is 833. The Morgan fingerprint density at radius 3 is 2.42 bits per heavy atom. The number of carbonyl (C=O) groups is 2. The third-order valence-electron chi connectivity index (χ3n) is 3.91. The molecule has 7 nitrogen and oxygen atoms in total. The lowest BCUT2D eigenvalue weighted by atomic mass is 10.0. The average Bonchev–Trinajstić information content (AvgIpc) is 2.58. The SMILES string of the molecule is O=C(O)CCC(OP(=O)(O)CCCc1ccc2ccccc2c1)C(=O)O. The van der Waals surface area contributed by atoms with Gasteiger partial charge in [-0.2, -0.15) is 0 Å². The molecular weight excluding hydrogens is 359 g/mol. The molecule has 2 rings (SSSR count). The van der Waals surface area contributed by atoms with Crippen LogP contribution < -0.4 is 0 Å². The van der Waals surface area contributed by atoms with Crippen LogP contribution in [0.5, 0.6) is 0 Å². The number of benzene rings is 2. The highest BCUT2D eigenvalue weighted by molar-refractivity contribution is 7.52. The van der Waals surface area contributed by atoms with Crippen molar-refractivity contribution in [2.24, 2.45) is 0 Å². The van der Waals surface area contributed by atoms with E-state index >= 15 is 0 Å². The molecule has 8 heteroatoms. The Morgan fingerprint density at radius 1 is 1.08 bits per heavy atom. The molecule has 0 aliphatic rings. The molecule has 0 amide bonds. The van der Waals surface area contributed by atoms with Crippen molar-refractivity contribution in [2.45, 2.75) is 31.8 Å². The van der Waals surface area contributed by atoms with Gasteiger partial charge in [0, 0.05) is 6.42 Å².